The number of hydrogen-bond donors (Lipinski definition) is 3. The molecule has 3 aliphatic rings. The zero-order chi connectivity index (χ0) is 43.5. The molecule has 4 amide bonds. The number of rotatable bonds is 10. The van der Waals surface area contributed by atoms with Gasteiger partial charge in [0.05, 0.1) is 24.2 Å². The van der Waals surface area contributed by atoms with E-state index < -0.39 is 59.0 Å². The summed E-state index contributed by atoms with van der Waals surface area (Å²) in [6.07, 6.45) is 7.41. The molecule has 7 rings (SSSR count). The number of nitrogens with zero attached hydrogens (tertiary/aromatic N) is 3. The van der Waals surface area contributed by atoms with E-state index in [-0.39, 0.29) is 61.8 Å². The molecule has 13 nitrogen and oxygen atoms in total. The van der Waals surface area contributed by atoms with Crippen molar-refractivity contribution in [1.29, 1.82) is 0 Å². The summed E-state index contributed by atoms with van der Waals surface area (Å²) < 4.78 is 52.5. The molecule has 0 unspecified atom stereocenters. The van der Waals surface area contributed by atoms with Crippen molar-refractivity contribution in [2.24, 2.45) is 0 Å². The summed E-state index contributed by atoms with van der Waals surface area (Å²) in [4.78, 5) is 66.1. The molecule has 322 valence electrons. The third-order valence-corrected chi connectivity index (χ3v) is 10.9. The van der Waals surface area contributed by atoms with Gasteiger partial charge in [-0.25, -0.2) is 22.8 Å². The fourth-order valence-electron chi connectivity index (χ4n) is 7.56. The van der Waals surface area contributed by atoms with Gasteiger partial charge in [-0.15, -0.1) is 0 Å². The minimum absolute atomic E-state index is 0.0175. The minimum atomic E-state index is -1.05. The zero-order valence-electron chi connectivity index (χ0n) is 33.6. The molecule has 16 heteroatoms. The third-order valence-electron chi connectivity index (χ3n) is 10.9. The van der Waals surface area contributed by atoms with Gasteiger partial charge in [0.25, 0.3) is 11.8 Å². The molecular weight excluding hydrogens is 796 g/mol. The summed E-state index contributed by atoms with van der Waals surface area (Å²) in [5.41, 5.74) is 0.158. The van der Waals surface area contributed by atoms with Gasteiger partial charge in [0.15, 0.2) is 11.4 Å². The maximum Gasteiger partial charge on any atom is 0.410 e. The van der Waals surface area contributed by atoms with Gasteiger partial charge >= 0.3 is 12.2 Å². The molecule has 1 aromatic heterocycles. The van der Waals surface area contributed by atoms with Gasteiger partial charge in [-0.2, -0.15) is 0 Å². The Morgan fingerprint density at radius 1 is 0.902 bits per heavy atom. The molecule has 61 heavy (non-hydrogen) atoms. The van der Waals surface area contributed by atoms with Crippen LogP contribution in [0.3, 0.4) is 0 Å². The van der Waals surface area contributed by atoms with Gasteiger partial charge in [-0.05, 0) is 49.3 Å². The standard InChI is InChI=1S/C24H28N2O4.C21H20F3N3O4/c1-2-22-15-9-14-21(25-23(27)29-17-19-10-5-3-6-11-19)16-26(22)24(28)30-18-20-12-7-4-8-13-20;22-7-13-2-1-3-14-9-27(13)21(31)17-19(29)18(28)15(10-26(14)17)20(30)25-8-11-4-5-12(23)6-16(11)24/h3-13,15,21-22H,2,14,16-18H2,1H3,(H,25,27);4-6,10,13-14,29H,1-3,7-9H2,(H,25,30)/t21-,22-;13-,14+/m01/s1. The van der Waals surface area contributed by atoms with Crippen molar-refractivity contribution in [1.82, 2.24) is 25.0 Å². The first-order valence-corrected chi connectivity index (χ1v) is 20.2. The number of alkyl carbamates (subject to hydrolysis) is 1. The maximum absolute atomic E-state index is 13.8. The second kappa shape index (κ2) is 20.6. The van der Waals surface area contributed by atoms with E-state index in [1.165, 1.54) is 21.7 Å². The third kappa shape index (κ3) is 11.0. The second-order valence-electron chi connectivity index (χ2n) is 15.0. The first-order chi connectivity index (χ1) is 29.5. The monoisotopic (exact) mass is 843 g/mol. The fourth-order valence-corrected chi connectivity index (χ4v) is 7.56. The molecule has 2 bridgehead atoms. The number of alkyl halides is 1. The summed E-state index contributed by atoms with van der Waals surface area (Å²) in [7, 11) is 0. The Bertz CT molecular complexity index is 2280. The van der Waals surface area contributed by atoms with E-state index in [9.17, 15) is 42.3 Å². The smallest absolute Gasteiger partial charge is 0.410 e. The van der Waals surface area contributed by atoms with Crippen LogP contribution in [0, 0.1) is 11.6 Å². The van der Waals surface area contributed by atoms with Gasteiger partial charge in [0.2, 0.25) is 5.43 Å². The highest BCUT2D eigenvalue weighted by atomic mass is 19.1. The van der Waals surface area contributed by atoms with Crippen molar-refractivity contribution in [2.45, 2.75) is 83.0 Å². The lowest BCUT2D eigenvalue weighted by Crippen LogP contribution is -2.49. The number of aromatic hydroxyl groups is 1. The Hall–Kier alpha value is -6.58. The van der Waals surface area contributed by atoms with Crippen LogP contribution in [0.4, 0.5) is 22.8 Å². The number of halogens is 3. The highest BCUT2D eigenvalue weighted by molar-refractivity contribution is 5.99. The molecule has 4 atom stereocenters. The van der Waals surface area contributed by atoms with Crippen LogP contribution in [0.5, 0.6) is 5.75 Å². The molecule has 0 spiro atoms. The number of carbonyl (C=O) groups is 4. The number of pyridine rings is 1. The Morgan fingerprint density at radius 2 is 1.59 bits per heavy atom. The number of ether oxygens (including phenoxy) is 2. The van der Waals surface area contributed by atoms with E-state index in [0.717, 1.165) is 23.6 Å². The second-order valence-corrected chi connectivity index (χ2v) is 15.0. The predicted molar refractivity (Wildman–Crippen MR) is 218 cm³/mol. The molecule has 0 radical (unpaired) electrons. The quantitative estimate of drug-likeness (QED) is 0.145. The van der Waals surface area contributed by atoms with Crippen LogP contribution in [0.1, 0.15) is 82.6 Å². The van der Waals surface area contributed by atoms with E-state index in [2.05, 4.69) is 10.6 Å². The van der Waals surface area contributed by atoms with E-state index in [1.54, 1.807) is 4.90 Å². The van der Waals surface area contributed by atoms with Crippen LogP contribution in [-0.4, -0.2) is 81.4 Å². The van der Waals surface area contributed by atoms with E-state index in [1.807, 2.05) is 79.7 Å². The maximum atomic E-state index is 13.8. The van der Waals surface area contributed by atoms with E-state index in [0.29, 0.717) is 38.3 Å². The number of amides is 4. The highest BCUT2D eigenvalue weighted by Gasteiger charge is 2.40. The average molecular weight is 844 g/mol. The van der Waals surface area contributed by atoms with Crippen molar-refractivity contribution in [2.75, 3.05) is 19.8 Å². The van der Waals surface area contributed by atoms with Crippen LogP contribution in [0.15, 0.2) is 102 Å². The van der Waals surface area contributed by atoms with Crippen LogP contribution in [0.25, 0.3) is 0 Å². The van der Waals surface area contributed by atoms with Crippen molar-refractivity contribution < 1.29 is 46.9 Å². The summed E-state index contributed by atoms with van der Waals surface area (Å²) in [6.45, 7) is 1.99. The molecule has 1 saturated heterocycles. The van der Waals surface area contributed by atoms with Gasteiger partial charge in [0.1, 0.15) is 37.1 Å². The first kappa shape index (κ1) is 44.0. The highest BCUT2D eigenvalue weighted by Crippen LogP contribution is 2.34. The molecule has 3 aromatic carbocycles. The largest absolute Gasteiger partial charge is 0.503 e. The van der Waals surface area contributed by atoms with Gasteiger partial charge in [0, 0.05) is 37.5 Å². The zero-order valence-corrected chi connectivity index (χ0v) is 33.6. The first-order valence-electron chi connectivity index (χ1n) is 20.2. The van der Waals surface area contributed by atoms with E-state index >= 15 is 0 Å². The Balaban J connectivity index is 0.000000204. The lowest BCUT2D eigenvalue weighted by Gasteiger charge is -2.37. The molecule has 3 aliphatic heterocycles. The van der Waals surface area contributed by atoms with Gasteiger partial charge < -0.3 is 34.7 Å². The topological polar surface area (TPSA) is 160 Å². The van der Waals surface area contributed by atoms with Crippen molar-refractivity contribution in [3.63, 3.8) is 0 Å². The molecular formula is C45H48F3N5O8. The van der Waals surface area contributed by atoms with Crippen LogP contribution in [0.2, 0.25) is 0 Å². The summed E-state index contributed by atoms with van der Waals surface area (Å²) in [5, 5.41) is 15.7. The summed E-state index contributed by atoms with van der Waals surface area (Å²) >= 11 is 0. The number of carbonyl (C=O) groups excluding carboxylic acids is 4. The Morgan fingerprint density at radius 3 is 2.25 bits per heavy atom. The van der Waals surface area contributed by atoms with Crippen molar-refractivity contribution >= 4 is 24.0 Å². The molecule has 3 N–H and O–H groups in total. The van der Waals surface area contributed by atoms with Crippen molar-refractivity contribution in [3.8, 4) is 5.75 Å². The van der Waals surface area contributed by atoms with Crippen molar-refractivity contribution in [3.05, 3.63) is 147 Å². The number of fused-ring (bicyclic) bond motifs is 4. The Kier molecular flexibility index (Phi) is 14.9. The summed E-state index contributed by atoms with van der Waals surface area (Å²) in [5.74, 6) is -4.01. The van der Waals surface area contributed by atoms with Crippen LogP contribution < -0.4 is 16.1 Å². The predicted octanol–water partition coefficient (Wildman–Crippen LogP) is 6.94. The lowest BCUT2D eigenvalue weighted by molar-refractivity contribution is 0.0557. The summed E-state index contributed by atoms with van der Waals surface area (Å²) in [6, 6.07) is 20.7. The fraction of sp³-hybridized carbons (Fsp3) is 0.356. The average Bonchev–Trinajstić information content (AvgIpc) is 3.60. The molecule has 0 saturated carbocycles. The number of benzene rings is 3. The molecule has 4 heterocycles. The van der Waals surface area contributed by atoms with Crippen LogP contribution >= 0.6 is 0 Å². The van der Waals surface area contributed by atoms with Gasteiger partial charge in [-0.1, -0.05) is 85.8 Å². The molecule has 4 aromatic rings. The lowest BCUT2D eigenvalue weighted by atomic mass is 10.1. The Labute approximate surface area is 350 Å². The molecule has 0 aliphatic carbocycles. The number of hydrogen-bond acceptors (Lipinski definition) is 8. The normalized spacial score (nSPS) is 19.3. The van der Waals surface area contributed by atoms with Crippen LogP contribution in [-0.2, 0) is 29.2 Å². The SMILES string of the molecule is CC[C@H]1C=CC[C@H](NC(=O)OCc2ccccc2)CN1C(=O)OCc1ccccc1.O=C(NCc1ccc(F)cc1F)c1cn2c(c(O)c1=O)C(=O)N1C[C@@H]2CCC[C@@H]1CF. The number of nitrogens with one attached hydrogen (secondary N) is 2. The minimum Gasteiger partial charge on any atom is -0.503 e. The molecule has 1 fully saturated rings. The van der Waals surface area contributed by atoms with E-state index in [4.69, 9.17) is 9.47 Å². The number of aromatic nitrogens is 1. The van der Waals surface area contributed by atoms with Gasteiger partial charge in [-0.3, -0.25) is 19.3 Å².